The molecular formula is C29H56O13. The minimum atomic E-state index is -0.412. The number of hydrogen-bond donors (Lipinski definition) is 0. The third kappa shape index (κ3) is 35.0. The number of esters is 1. The normalized spacial score (nSPS) is 11.4. The van der Waals surface area contributed by atoms with Gasteiger partial charge in [-0.1, -0.05) is 6.58 Å². The second-order valence-electron chi connectivity index (χ2n) is 8.96. The van der Waals surface area contributed by atoms with Gasteiger partial charge >= 0.3 is 5.97 Å². The highest BCUT2D eigenvalue weighted by Crippen LogP contribution is 1.92. The van der Waals surface area contributed by atoms with E-state index in [0.29, 0.717) is 144 Å². The summed E-state index contributed by atoms with van der Waals surface area (Å²) in [5.74, 6) is -0.412. The van der Waals surface area contributed by atoms with Crippen LogP contribution in [0.2, 0.25) is 0 Å². The molecule has 0 spiro atoms. The molecule has 0 aromatic rings. The van der Waals surface area contributed by atoms with Gasteiger partial charge < -0.3 is 56.8 Å². The molecule has 0 atom stereocenters. The van der Waals surface area contributed by atoms with Gasteiger partial charge in [-0.3, -0.25) is 0 Å². The van der Waals surface area contributed by atoms with Crippen molar-refractivity contribution < 1.29 is 61.6 Å². The fraction of sp³-hybridized carbons (Fsp3) is 0.897. The van der Waals surface area contributed by atoms with Crippen LogP contribution in [-0.4, -0.2) is 157 Å². The lowest BCUT2D eigenvalue weighted by molar-refractivity contribution is -0.140. The standard InChI is InChI=1S/C29H56O13/c1-27(2)29(30)42-26-24-40-22-20-38-18-16-36-14-12-34-10-8-32-6-5-31-7-9-33-11-13-35-15-17-37-19-21-39-23-25-41-28(3)4/h28H,1,5-26H2,2-4H3. The van der Waals surface area contributed by atoms with E-state index in [0.717, 1.165) is 0 Å². The molecule has 0 saturated carbocycles. The minimum absolute atomic E-state index is 0.200. The first-order chi connectivity index (χ1) is 20.5. The molecule has 0 aromatic carbocycles. The maximum Gasteiger partial charge on any atom is 0.333 e. The van der Waals surface area contributed by atoms with Crippen molar-refractivity contribution in [2.75, 3.05) is 145 Å². The Labute approximate surface area is 252 Å². The number of carbonyl (C=O) groups is 1. The zero-order valence-corrected chi connectivity index (χ0v) is 26.1. The van der Waals surface area contributed by atoms with Crippen LogP contribution in [0, 0.1) is 0 Å². The fourth-order valence-electron chi connectivity index (χ4n) is 2.74. The quantitative estimate of drug-likeness (QED) is 0.0586. The van der Waals surface area contributed by atoms with Crippen LogP contribution in [-0.2, 0) is 61.6 Å². The molecule has 0 heterocycles. The summed E-state index contributed by atoms with van der Waals surface area (Å²) < 4.78 is 64.5. The van der Waals surface area contributed by atoms with Gasteiger partial charge in [0.25, 0.3) is 0 Å². The summed E-state index contributed by atoms with van der Waals surface area (Å²) in [4.78, 5) is 11.2. The first-order valence-corrected chi connectivity index (χ1v) is 14.8. The van der Waals surface area contributed by atoms with E-state index in [1.807, 2.05) is 13.8 Å². The highest BCUT2D eigenvalue weighted by Gasteiger charge is 2.02. The zero-order valence-electron chi connectivity index (χ0n) is 26.1. The van der Waals surface area contributed by atoms with Gasteiger partial charge in [0, 0.05) is 5.57 Å². The van der Waals surface area contributed by atoms with Gasteiger partial charge in [-0.2, -0.15) is 0 Å². The summed E-state index contributed by atoms with van der Waals surface area (Å²) in [6.45, 7) is 19.8. The molecule has 0 aliphatic heterocycles. The van der Waals surface area contributed by atoms with Crippen LogP contribution >= 0.6 is 0 Å². The second-order valence-corrected chi connectivity index (χ2v) is 8.96. The van der Waals surface area contributed by atoms with Crippen molar-refractivity contribution in [3.05, 3.63) is 12.2 Å². The summed E-state index contributed by atoms with van der Waals surface area (Å²) in [6.07, 6.45) is 0.228. The first kappa shape index (κ1) is 40.8. The lowest BCUT2D eigenvalue weighted by atomic mass is 10.4. The minimum Gasteiger partial charge on any atom is -0.460 e. The van der Waals surface area contributed by atoms with Crippen LogP contribution in [0.1, 0.15) is 20.8 Å². The Morgan fingerprint density at radius 2 is 0.643 bits per heavy atom. The number of ether oxygens (including phenoxy) is 12. The molecule has 42 heavy (non-hydrogen) atoms. The molecule has 0 unspecified atom stereocenters. The van der Waals surface area contributed by atoms with Gasteiger partial charge in [0.1, 0.15) is 6.61 Å². The smallest absolute Gasteiger partial charge is 0.333 e. The van der Waals surface area contributed by atoms with Crippen molar-refractivity contribution in [2.24, 2.45) is 0 Å². The van der Waals surface area contributed by atoms with Crippen LogP contribution in [0.3, 0.4) is 0 Å². The topological polar surface area (TPSA) is 128 Å². The third-order valence-electron chi connectivity index (χ3n) is 4.84. The van der Waals surface area contributed by atoms with E-state index >= 15 is 0 Å². The molecule has 0 saturated heterocycles. The molecule has 0 aliphatic carbocycles. The van der Waals surface area contributed by atoms with Crippen LogP contribution in [0.15, 0.2) is 12.2 Å². The van der Waals surface area contributed by atoms with E-state index in [4.69, 9.17) is 56.8 Å². The summed E-state index contributed by atoms with van der Waals surface area (Å²) >= 11 is 0. The van der Waals surface area contributed by atoms with Crippen LogP contribution in [0.5, 0.6) is 0 Å². The van der Waals surface area contributed by atoms with E-state index in [1.165, 1.54) is 0 Å². The molecule has 13 heteroatoms. The lowest BCUT2D eigenvalue weighted by Gasteiger charge is -2.09. The Kier molecular flexibility index (Phi) is 33.3. The van der Waals surface area contributed by atoms with Gasteiger partial charge in [-0.15, -0.1) is 0 Å². The molecule has 0 fully saturated rings. The maximum atomic E-state index is 11.2. The Bertz CT molecular complexity index is 578. The third-order valence-corrected chi connectivity index (χ3v) is 4.84. The highest BCUT2D eigenvalue weighted by atomic mass is 16.6. The van der Waals surface area contributed by atoms with Gasteiger partial charge in [0.2, 0.25) is 0 Å². The summed E-state index contributed by atoms with van der Waals surface area (Å²) in [5.41, 5.74) is 0.371. The lowest BCUT2D eigenvalue weighted by Crippen LogP contribution is -2.16. The SMILES string of the molecule is C=C(C)C(=O)OCCOCCOCCOCCOCCOCCOCCOCCOCCOCCOCCOC(C)C. The van der Waals surface area contributed by atoms with Gasteiger partial charge in [-0.25, -0.2) is 4.79 Å². The Morgan fingerprint density at radius 3 is 0.857 bits per heavy atom. The van der Waals surface area contributed by atoms with E-state index in [1.54, 1.807) is 6.92 Å². The summed E-state index contributed by atoms with van der Waals surface area (Å²) in [5, 5.41) is 0. The van der Waals surface area contributed by atoms with E-state index in [-0.39, 0.29) is 12.7 Å². The second kappa shape index (κ2) is 34.3. The average Bonchev–Trinajstić information content (AvgIpc) is 2.97. The summed E-state index contributed by atoms with van der Waals surface area (Å²) in [7, 11) is 0. The Balaban J connectivity index is 3.07. The largest absolute Gasteiger partial charge is 0.460 e. The van der Waals surface area contributed by atoms with Gasteiger partial charge in [0.05, 0.1) is 145 Å². The summed E-state index contributed by atoms with van der Waals surface area (Å²) in [6, 6.07) is 0. The van der Waals surface area contributed by atoms with Crippen molar-refractivity contribution >= 4 is 5.97 Å². The number of carbonyl (C=O) groups excluding carboxylic acids is 1. The van der Waals surface area contributed by atoms with Crippen molar-refractivity contribution in [2.45, 2.75) is 26.9 Å². The molecule has 250 valence electrons. The van der Waals surface area contributed by atoms with Crippen LogP contribution in [0.4, 0.5) is 0 Å². The molecular weight excluding hydrogens is 556 g/mol. The molecule has 0 rings (SSSR count). The van der Waals surface area contributed by atoms with E-state index < -0.39 is 5.97 Å². The van der Waals surface area contributed by atoms with Crippen LogP contribution < -0.4 is 0 Å². The average molecular weight is 613 g/mol. The fourth-order valence-corrected chi connectivity index (χ4v) is 2.74. The molecule has 0 bridgehead atoms. The molecule has 0 radical (unpaired) electrons. The molecule has 0 N–H and O–H groups in total. The van der Waals surface area contributed by atoms with E-state index in [9.17, 15) is 4.79 Å². The number of rotatable bonds is 35. The molecule has 0 amide bonds. The van der Waals surface area contributed by atoms with Gasteiger partial charge in [-0.05, 0) is 20.8 Å². The zero-order chi connectivity index (χ0) is 30.8. The van der Waals surface area contributed by atoms with Crippen molar-refractivity contribution in [1.82, 2.24) is 0 Å². The number of hydrogen-bond acceptors (Lipinski definition) is 13. The molecule has 0 aromatic heterocycles. The van der Waals surface area contributed by atoms with Crippen molar-refractivity contribution in [1.29, 1.82) is 0 Å². The van der Waals surface area contributed by atoms with E-state index in [2.05, 4.69) is 6.58 Å². The monoisotopic (exact) mass is 612 g/mol. The molecule has 13 nitrogen and oxygen atoms in total. The van der Waals surface area contributed by atoms with Crippen molar-refractivity contribution in [3.8, 4) is 0 Å². The maximum absolute atomic E-state index is 11.2. The van der Waals surface area contributed by atoms with Crippen LogP contribution in [0.25, 0.3) is 0 Å². The predicted octanol–water partition coefficient (Wildman–Crippen LogP) is 1.70. The predicted molar refractivity (Wildman–Crippen MR) is 155 cm³/mol. The highest BCUT2D eigenvalue weighted by molar-refractivity contribution is 5.86. The first-order valence-electron chi connectivity index (χ1n) is 14.8. The van der Waals surface area contributed by atoms with Crippen molar-refractivity contribution in [3.63, 3.8) is 0 Å². The Hall–Kier alpha value is -1.23. The molecule has 0 aliphatic rings. The Morgan fingerprint density at radius 1 is 0.429 bits per heavy atom. The van der Waals surface area contributed by atoms with Gasteiger partial charge in [0.15, 0.2) is 0 Å².